The average molecular weight is 318 g/mol. The number of nitrogens with zero attached hydrogens (tertiary/aromatic N) is 2. The Hall–Kier alpha value is -1.59. The van der Waals surface area contributed by atoms with Crippen LogP contribution in [0.3, 0.4) is 0 Å². The molecule has 0 bridgehead atoms. The Morgan fingerprint density at radius 1 is 1.22 bits per heavy atom. The summed E-state index contributed by atoms with van der Waals surface area (Å²) in [4.78, 5) is 16.9. The van der Waals surface area contributed by atoms with E-state index in [9.17, 15) is 4.79 Å². The van der Waals surface area contributed by atoms with Crippen molar-refractivity contribution in [3.63, 3.8) is 0 Å². The van der Waals surface area contributed by atoms with Crippen molar-refractivity contribution in [2.24, 2.45) is 5.92 Å². The molecule has 1 aromatic carbocycles. The molecule has 23 heavy (non-hydrogen) atoms. The number of carbonyl (C=O) groups excluding carboxylic acids is 1. The molecule has 3 rings (SSSR count). The summed E-state index contributed by atoms with van der Waals surface area (Å²) in [6, 6.07) is 8.22. The van der Waals surface area contributed by atoms with Gasteiger partial charge >= 0.3 is 0 Å². The van der Waals surface area contributed by atoms with Crippen molar-refractivity contribution in [1.29, 1.82) is 0 Å². The lowest BCUT2D eigenvalue weighted by molar-refractivity contribution is -0.141. The fourth-order valence-electron chi connectivity index (χ4n) is 3.41. The maximum absolute atomic E-state index is 12.5. The topological polar surface area (TPSA) is 42.0 Å². The van der Waals surface area contributed by atoms with E-state index in [2.05, 4.69) is 17.0 Å². The Morgan fingerprint density at radius 2 is 1.96 bits per heavy atom. The van der Waals surface area contributed by atoms with E-state index in [4.69, 9.17) is 9.47 Å². The minimum atomic E-state index is 0.189. The van der Waals surface area contributed by atoms with Crippen LogP contribution in [-0.4, -0.2) is 62.2 Å². The van der Waals surface area contributed by atoms with Crippen molar-refractivity contribution in [1.82, 2.24) is 9.80 Å². The van der Waals surface area contributed by atoms with Gasteiger partial charge in [-0.3, -0.25) is 9.69 Å². The lowest BCUT2D eigenvalue weighted by Gasteiger charge is -2.35. The standard InChI is InChI=1S/C18H26N2O3/c1-22-17-4-2-3-15(13-17)14-19-7-5-16(6-8-19)18(21)20-9-11-23-12-10-20/h2-4,13,16H,5-12,14H2,1H3. The first-order chi connectivity index (χ1) is 11.3. The summed E-state index contributed by atoms with van der Waals surface area (Å²) in [6.45, 7) is 5.76. The molecular formula is C18H26N2O3. The third-order valence-corrected chi connectivity index (χ3v) is 4.80. The fraction of sp³-hybridized carbons (Fsp3) is 0.611. The van der Waals surface area contributed by atoms with Crippen molar-refractivity contribution in [3.8, 4) is 5.75 Å². The number of ether oxygens (including phenoxy) is 2. The van der Waals surface area contributed by atoms with E-state index in [1.165, 1.54) is 5.56 Å². The molecule has 0 radical (unpaired) electrons. The molecular weight excluding hydrogens is 292 g/mol. The molecule has 0 atom stereocenters. The Kier molecular flexibility index (Phi) is 5.51. The van der Waals surface area contributed by atoms with Crippen molar-refractivity contribution >= 4 is 5.91 Å². The molecule has 0 spiro atoms. The molecule has 5 heteroatoms. The maximum Gasteiger partial charge on any atom is 0.225 e. The molecule has 0 N–H and O–H groups in total. The van der Waals surface area contributed by atoms with E-state index in [0.29, 0.717) is 19.1 Å². The predicted molar refractivity (Wildman–Crippen MR) is 88.4 cm³/mol. The van der Waals surface area contributed by atoms with E-state index < -0.39 is 0 Å². The zero-order valence-corrected chi connectivity index (χ0v) is 13.9. The number of carbonyl (C=O) groups is 1. The SMILES string of the molecule is COc1cccc(CN2CCC(C(=O)N3CCOCC3)CC2)c1. The highest BCUT2D eigenvalue weighted by atomic mass is 16.5. The summed E-state index contributed by atoms with van der Waals surface area (Å²) in [5.41, 5.74) is 1.27. The van der Waals surface area contributed by atoms with Gasteiger partial charge in [0.25, 0.3) is 0 Å². The number of amides is 1. The Bertz CT molecular complexity index is 521. The Morgan fingerprint density at radius 3 is 2.65 bits per heavy atom. The van der Waals surface area contributed by atoms with Crippen molar-refractivity contribution in [2.45, 2.75) is 19.4 Å². The first-order valence-corrected chi connectivity index (χ1v) is 8.48. The number of rotatable bonds is 4. The number of hydrogen-bond acceptors (Lipinski definition) is 4. The van der Waals surface area contributed by atoms with Crippen molar-refractivity contribution in [2.75, 3.05) is 46.5 Å². The number of morpholine rings is 1. The molecule has 1 amide bonds. The summed E-state index contributed by atoms with van der Waals surface area (Å²) >= 11 is 0. The van der Waals surface area contributed by atoms with Crippen LogP contribution in [0.25, 0.3) is 0 Å². The third-order valence-electron chi connectivity index (χ3n) is 4.80. The zero-order chi connectivity index (χ0) is 16.1. The first-order valence-electron chi connectivity index (χ1n) is 8.48. The molecule has 0 aliphatic carbocycles. The van der Waals surface area contributed by atoms with Crippen LogP contribution in [0.4, 0.5) is 0 Å². The molecule has 0 saturated carbocycles. The molecule has 2 fully saturated rings. The monoisotopic (exact) mass is 318 g/mol. The maximum atomic E-state index is 12.5. The van der Waals surface area contributed by atoms with Gasteiger partial charge in [0.2, 0.25) is 5.91 Å². The Balaban J connectivity index is 1.48. The molecule has 0 aromatic heterocycles. The van der Waals surface area contributed by atoms with Gasteiger partial charge in [0.05, 0.1) is 20.3 Å². The van der Waals surface area contributed by atoms with Gasteiger partial charge in [-0.15, -0.1) is 0 Å². The summed E-state index contributed by atoms with van der Waals surface area (Å²) in [7, 11) is 1.70. The molecule has 2 aliphatic heterocycles. The highest BCUT2D eigenvalue weighted by Crippen LogP contribution is 2.22. The van der Waals surface area contributed by atoms with Crippen molar-refractivity contribution < 1.29 is 14.3 Å². The second-order valence-electron chi connectivity index (χ2n) is 6.34. The number of piperidine rings is 1. The largest absolute Gasteiger partial charge is 0.497 e. The van der Waals surface area contributed by atoms with Crippen LogP contribution in [-0.2, 0) is 16.1 Å². The third kappa shape index (κ3) is 4.24. The second-order valence-corrected chi connectivity index (χ2v) is 6.34. The zero-order valence-electron chi connectivity index (χ0n) is 13.9. The molecule has 2 aliphatic rings. The number of hydrogen-bond donors (Lipinski definition) is 0. The van der Waals surface area contributed by atoms with Gasteiger partial charge in [-0.05, 0) is 43.6 Å². The van der Waals surface area contributed by atoms with Gasteiger partial charge in [-0.2, -0.15) is 0 Å². The van der Waals surface area contributed by atoms with Crippen molar-refractivity contribution in [3.05, 3.63) is 29.8 Å². The van der Waals surface area contributed by atoms with Crippen LogP contribution >= 0.6 is 0 Å². The number of methoxy groups -OCH3 is 1. The molecule has 0 unspecified atom stereocenters. The number of benzene rings is 1. The summed E-state index contributed by atoms with van der Waals surface area (Å²) in [5, 5.41) is 0. The van der Waals surface area contributed by atoms with E-state index in [0.717, 1.165) is 51.3 Å². The summed E-state index contributed by atoms with van der Waals surface area (Å²) < 4.78 is 10.6. The minimum absolute atomic E-state index is 0.189. The van der Waals surface area contributed by atoms with Gasteiger partial charge in [-0.25, -0.2) is 0 Å². The summed E-state index contributed by atoms with van der Waals surface area (Å²) in [6.07, 6.45) is 1.92. The van der Waals surface area contributed by atoms with Gasteiger partial charge in [0, 0.05) is 25.6 Å². The van der Waals surface area contributed by atoms with Crippen LogP contribution in [0.2, 0.25) is 0 Å². The molecule has 2 heterocycles. The average Bonchev–Trinajstić information content (AvgIpc) is 2.63. The molecule has 126 valence electrons. The lowest BCUT2D eigenvalue weighted by Crippen LogP contribution is -2.46. The highest BCUT2D eigenvalue weighted by Gasteiger charge is 2.29. The van der Waals surface area contributed by atoms with E-state index in [1.807, 2.05) is 17.0 Å². The van der Waals surface area contributed by atoms with Crippen LogP contribution in [0.1, 0.15) is 18.4 Å². The number of likely N-dealkylation sites (tertiary alicyclic amines) is 1. The molecule has 5 nitrogen and oxygen atoms in total. The van der Waals surface area contributed by atoms with Crippen LogP contribution in [0.5, 0.6) is 5.75 Å². The minimum Gasteiger partial charge on any atom is -0.497 e. The lowest BCUT2D eigenvalue weighted by atomic mass is 9.94. The van der Waals surface area contributed by atoms with Crippen LogP contribution < -0.4 is 4.74 Å². The smallest absolute Gasteiger partial charge is 0.225 e. The van der Waals surface area contributed by atoms with Gasteiger partial charge < -0.3 is 14.4 Å². The van der Waals surface area contributed by atoms with E-state index in [-0.39, 0.29) is 5.92 Å². The van der Waals surface area contributed by atoms with Gasteiger partial charge in [0.1, 0.15) is 5.75 Å². The molecule has 2 saturated heterocycles. The van der Waals surface area contributed by atoms with E-state index >= 15 is 0 Å². The summed E-state index contributed by atoms with van der Waals surface area (Å²) in [5.74, 6) is 1.42. The van der Waals surface area contributed by atoms with Crippen LogP contribution in [0, 0.1) is 5.92 Å². The van der Waals surface area contributed by atoms with Gasteiger partial charge in [0.15, 0.2) is 0 Å². The predicted octanol–water partition coefficient (Wildman–Crippen LogP) is 1.77. The molecule has 1 aromatic rings. The van der Waals surface area contributed by atoms with E-state index in [1.54, 1.807) is 7.11 Å². The highest BCUT2D eigenvalue weighted by molar-refractivity contribution is 5.79. The Labute approximate surface area is 138 Å². The van der Waals surface area contributed by atoms with Crippen LogP contribution in [0.15, 0.2) is 24.3 Å². The first kappa shape index (κ1) is 16.3. The van der Waals surface area contributed by atoms with Gasteiger partial charge in [-0.1, -0.05) is 12.1 Å². The second kappa shape index (κ2) is 7.79. The normalized spacial score (nSPS) is 20.5. The quantitative estimate of drug-likeness (QED) is 0.848. The fourth-order valence-corrected chi connectivity index (χ4v) is 3.41.